The highest BCUT2D eigenvalue weighted by Crippen LogP contribution is 2.20. The molecular weight excluding hydrogens is 382 g/mol. The second-order valence-corrected chi connectivity index (χ2v) is 7.80. The molecule has 2 heterocycles. The number of aryl methyl sites for hydroxylation is 1. The third kappa shape index (κ3) is 3.47. The summed E-state index contributed by atoms with van der Waals surface area (Å²) in [5, 5.41) is 4.13. The van der Waals surface area contributed by atoms with Gasteiger partial charge in [0.2, 0.25) is 5.91 Å². The van der Waals surface area contributed by atoms with Gasteiger partial charge in [-0.05, 0) is 32.4 Å². The maximum Gasteiger partial charge on any atom is 0.344 e. The monoisotopic (exact) mass is 403 g/mol. The Kier molecular flexibility index (Phi) is 5.16. The van der Waals surface area contributed by atoms with Gasteiger partial charge in [-0.15, -0.1) is 0 Å². The Bertz CT molecular complexity index is 1050. The van der Waals surface area contributed by atoms with Crippen LogP contribution in [0.2, 0.25) is 0 Å². The number of hydrogen-bond acceptors (Lipinski definition) is 6. The van der Waals surface area contributed by atoms with Gasteiger partial charge in [-0.25, -0.2) is 9.78 Å². The van der Waals surface area contributed by atoms with Crippen molar-refractivity contribution in [3.8, 4) is 0 Å². The van der Waals surface area contributed by atoms with Crippen molar-refractivity contribution in [1.29, 1.82) is 0 Å². The number of hydrogen-bond donors (Lipinski definition) is 2. The number of carbonyl (C=O) groups excluding carboxylic acids is 3. The first-order chi connectivity index (χ1) is 13.2. The number of nitrogens with one attached hydrogen (secondary N) is 2. The first-order valence-corrected chi connectivity index (χ1v) is 9.71. The highest BCUT2D eigenvalue weighted by atomic mass is 32.2. The Balaban J connectivity index is 1.72. The molecule has 0 spiro atoms. The molecule has 148 valence electrons. The fraction of sp³-hybridized carbons (Fsp3) is 0.389. The van der Waals surface area contributed by atoms with Crippen LogP contribution in [0, 0.1) is 6.92 Å². The molecule has 1 atom stereocenters. The van der Waals surface area contributed by atoms with E-state index >= 15 is 0 Å². The number of hydrazine groups is 1. The third-order valence-electron chi connectivity index (χ3n) is 4.73. The van der Waals surface area contributed by atoms with Gasteiger partial charge in [0.25, 0.3) is 11.5 Å². The van der Waals surface area contributed by atoms with Crippen LogP contribution in [0.4, 0.5) is 4.79 Å². The first-order valence-electron chi connectivity index (χ1n) is 8.72. The van der Waals surface area contributed by atoms with Crippen molar-refractivity contribution in [1.82, 2.24) is 25.3 Å². The van der Waals surface area contributed by atoms with Crippen LogP contribution in [0.15, 0.2) is 28.2 Å². The summed E-state index contributed by atoms with van der Waals surface area (Å²) < 4.78 is 1.38. The molecular formula is C18H21N5O4S. The first kappa shape index (κ1) is 19.9. The van der Waals surface area contributed by atoms with Crippen molar-refractivity contribution in [2.75, 3.05) is 5.75 Å². The Morgan fingerprint density at radius 1 is 1.32 bits per heavy atom. The van der Waals surface area contributed by atoms with Gasteiger partial charge in [0.05, 0.1) is 16.7 Å². The number of fused-ring (bicyclic) bond motifs is 1. The molecule has 1 aromatic heterocycles. The third-order valence-corrected chi connectivity index (χ3v) is 5.76. The van der Waals surface area contributed by atoms with Crippen LogP contribution < -0.4 is 16.3 Å². The predicted molar refractivity (Wildman–Crippen MR) is 105 cm³/mol. The summed E-state index contributed by atoms with van der Waals surface area (Å²) in [4.78, 5) is 53.5. The van der Waals surface area contributed by atoms with Crippen molar-refractivity contribution < 1.29 is 14.4 Å². The minimum Gasteiger partial charge on any atom is -0.322 e. The second-order valence-electron chi connectivity index (χ2n) is 6.86. The van der Waals surface area contributed by atoms with E-state index in [9.17, 15) is 19.2 Å². The summed E-state index contributed by atoms with van der Waals surface area (Å²) in [6.45, 7) is 5.27. The number of thioether (sulfide) groups is 1. The van der Waals surface area contributed by atoms with Gasteiger partial charge >= 0.3 is 6.03 Å². The SMILES string of the molecule is CC[C@]1(C)NC(=O)N(NC(=O)CSc2nc3ccc(C)cc3c(=O)n2C)C1=O. The van der Waals surface area contributed by atoms with Crippen LogP contribution in [0.1, 0.15) is 25.8 Å². The van der Waals surface area contributed by atoms with Crippen molar-refractivity contribution in [2.24, 2.45) is 7.05 Å². The van der Waals surface area contributed by atoms with E-state index in [1.807, 2.05) is 13.0 Å². The smallest absolute Gasteiger partial charge is 0.322 e. The maximum atomic E-state index is 12.5. The standard InChI is InChI=1S/C18H21N5O4S/c1-5-18(3)15(26)23(16(27)20-18)21-13(24)9-28-17-19-12-7-6-10(2)8-11(12)14(25)22(17)4/h6-8H,5,9H2,1-4H3,(H,20,27)(H,21,24)/t18-/m0/s1. The molecule has 4 amide bonds. The van der Waals surface area contributed by atoms with Gasteiger partial charge in [0, 0.05) is 7.05 Å². The molecule has 9 nitrogen and oxygen atoms in total. The van der Waals surface area contributed by atoms with Crippen LogP contribution in [-0.2, 0) is 16.6 Å². The van der Waals surface area contributed by atoms with E-state index in [4.69, 9.17) is 0 Å². The van der Waals surface area contributed by atoms with Crippen LogP contribution in [-0.4, -0.2) is 43.7 Å². The summed E-state index contributed by atoms with van der Waals surface area (Å²) in [6, 6.07) is 4.72. The molecule has 10 heteroatoms. The molecule has 1 aromatic carbocycles. The predicted octanol–water partition coefficient (Wildman–Crippen LogP) is 1.09. The van der Waals surface area contributed by atoms with Crippen molar-refractivity contribution in [2.45, 2.75) is 37.9 Å². The number of carbonyl (C=O) groups is 3. The van der Waals surface area contributed by atoms with Gasteiger partial charge in [-0.3, -0.25) is 24.4 Å². The van der Waals surface area contributed by atoms with Crippen LogP contribution in [0.25, 0.3) is 10.9 Å². The van der Waals surface area contributed by atoms with Gasteiger partial charge in [-0.1, -0.05) is 30.3 Å². The molecule has 0 radical (unpaired) electrons. The van der Waals surface area contributed by atoms with E-state index in [0.29, 0.717) is 27.5 Å². The molecule has 1 fully saturated rings. The van der Waals surface area contributed by atoms with Crippen molar-refractivity contribution in [3.63, 3.8) is 0 Å². The number of rotatable bonds is 5. The van der Waals surface area contributed by atoms with E-state index < -0.39 is 23.4 Å². The van der Waals surface area contributed by atoms with Crippen LogP contribution in [0.3, 0.4) is 0 Å². The van der Waals surface area contributed by atoms with E-state index in [2.05, 4.69) is 15.7 Å². The largest absolute Gasteiger partial charge is 0.344 e. The lowest BCUT2D eigenvalue weighted by atomic mass is 10.00. The number of benzene rings is 1. The molecule has 0 saturated carbocycles. The van der Waals surface area contributed by atoms with E-state index in [1.165, 1.54) is 4.57 Å². The van der Waals surface area contributed by atoms with E-state index in [1.54, 1.807) is 33.0 Å². The zero-order chi connectivity index (χ0) is 20.6. The Morgan fingerprint density at radius 2 is 2.04 bits per heavy atom. The quantitative estimate of drug-likeness (QED) is 0.439. The lowest BCUT2D eigenvalue weighted by Gasteiger charge is -2.19. The molecule has 2 N–H and O–H groups in total. The number of aromatic nitrogens is 2. The van der Waals surface area contributed by atoms with Crippen molar-refractivity contribution in [3.05, 3.63) is 34.1 Å². The average Bonchev–Trinajstić information content (AvgIpc) is 2.87. The highest BCUT2D eigenvalue weighted by molar-refractivity contribution is 7.99. The van der Waals surface area contributed by atoms with Gasteiger partial charge in [0.15, 0.2) is 5.16 Å². The van der Waals surface area contributed by atoms with E-state index in [0.717, 1.165) is 17.3 Å². The Hall–Kier alpha value is -2.88. The highest BCUT2D eigenvalue weighted by Gasteiger charge is 2.47. The lowest BCUT2D eigenvalue weighted by Crippen LogP contribution is -2.49. The summed E-state index contributed by atoms with van der Waals surface area (Å²) in [5.74, 6) is -1.17. The normalized spacial score (nSPS) is 19.2. The fourth-order valence-corrected chi connectivity index (χ4v) is 3.57. The topological polar surface area (TPSA) is 113 Å². The fourth-order valence-electron chi connectivity index (χ4n) is 2.81. The van der Waals surface area contributed by atoms with Crippen LogP contribution in [0.5, 0.6) is 0 Å². The molecule has 0 unspecified atom stereocenters. The molecule has 2 aromatic rings. The summed E-state index contributed by atoms with van der Waals surface area (Å²) in [6.07, 6.45) is 0.404. The minimum absolute atomic E-state index is 0.114. The molecule has 0 bridgehead atoms. The average molecular weight is 403 g/mol. The molecule has 1 aliphatic heterocycles. The summed E-state index contributed by atoms with van der Waals surface area (Å²) in [7, 11) is 1.58. The van der Waals surface area contributed by atoms with Gasteiger partial charge in [0.1, 0.15) is 5.54 Å². The van der Waals surface area contributed by atoms with E-state index in [-0.39, 0.29) is 11.3 Å². The van der Waals surface area contributed by atoms with Crippen LogP contribution >= 0.6 is 11.8 Å². The molecule has 0 aliphatic carbocycles. The number of imide groups is 1. The Morgan fingerprint density at radius 3 is 2.68 bits per heavy atom. The van der Waals surface area contributed by atoms with Crippen molar-refractivity contribution >= 4 is 40.5 Å². The number of urea groups is 1. The minimum atomic E-state index is -1.03. The maximum absolute atomic E-state index is 12.5. The molecule has 1 saturated heterocycles. The van der Waals surface area contributed by atoms with Gasteiger partial charge < -0.3 is 5.32 Å². The zero-order valence-electron chi connectivity index (χ0n) is 16.0. The lowest BCUT2D eigenvalue weighted by molar-refractivity contribution is -0.137. The summed E-state index contributed by atoms with van der Waals surface area (Å²) >= 11 is 1.05. The molecule has 3 rings (SSSR count). The molecule has 1 aliphatic rings. The zero-order valence-corrected chi connectivity index (χ0v) is 16.8. The number of nitrogens with zero attached hydrogens (tertiary/aromatic N) is 3. The Labute approximate surface area is 165 Å². The van der Waals surface area contributed by atoms with Gasteiger partial charge in [-0.2, -0.15) is 5.01 Å². The second kappa shape index (κ2) is 7.27. The number of amides is 4. The summed E-state index contributed by atoms with van der Waals surface area (Å²) in [5.41, 5.74) is 2.58. The molecule has 28 heavy (non-hydrogen) atoms.